The Kier molecular flexibility index (Phi) is 5.65. The molecule has 2 heterocycles. The van der Waals surface area contributed by atoms with Crippen molar-refractivity contribution in [2.45, 2.75) is 18.9 Å². The number of benzene rings is 3. The van der Waals surface area contributed by atoms with Crippen LogP contribution < -0.4 is 10.2 Å². The second-order valence-corrected chi connectivity index (χ2v) is 8.59. The zero-order chi connectivity index (χ0) is 23.8. The van der Waals surface area contributed by atoms with E-state index in [9.17, 15) is 13.6 Å². The average Bonchev–Trinajstić information content (AvgIpc) is 3.48. The number of nitrogens with zero attached hydrogens (tertiary/aromatic N) is 3. The van der Waals surface area contributed by atoms with Gasteiger partial charge in [-0.2, -0.15) is 0 Å². The van der Waals surface area contributed by atoms with Crippen LogP contribution in [-0.2, 0) is 0 Å². The van der Waals surface area contributed by atoms with Crippen LogP contribution in [0.4, 0.5) is 25.0 Å². The summed E-state index contributed by atoms with van der Waals surface area (Å²) in [7, 11) is 4.00. The molecule has 1 saturated heterocycles. The van der Waals surface area contributed by atoms with Gasteiger partial charge < -0.3 is 19.5 Å². The molecule has 0 aliphatic carbocycles. The number of hydrogen-bond donors (Lipinski definition) is 1. The number of halogens is 2. The number of oxazole rings is 1. The largest absolute Gasteiger partial charge is 0.438 e. The van der Waals surface area contributed by atoms with Crippen molar-refractivity contribution >= 4 is 28.5 Å². The van der Waals surface area contributed by atoms with Crippen molar-refractivity contribution in [2.75, 3.05) is 30.9 Å². The van der Waals surface area contributed by atoms with E-state index in [4.69, 9.17) is 4.42 Å². The third-order valence-electron chi connectivity index (χ3n) is 6.09. The Morgan fingerprint density at radius 2 is 1.79 bits per heavy atom. The highest BCUT2D eigenvalue weighted by atomic mass is 19.2. The van der Waals surface area contributed by atoms with Gasteiger partial charge in [-0.05, 0) is 60.4 Å². The van der Waals surface area contributed by atoms with Gasteiger partial charge in [-0.3, -0.25) is 0 Å². The zero-order valence-corrected chi connectivity index (χ0v) is 18.9. The normalized spacial score (nSPS) is 15.6. The summed E-state index contributed by atoms with van der Waals surface area (Å²) in [5, 5.41) is 2.64. The minimum absolute atomic E-state index is 0.192. The molecule has 1 fully saturated rings. The molecule has 1 aliphatic heterocycles. The molecule has 174 valence electrons. The lowest BCUT2D eigenvalue weighted by Crippen LogP contribution is -2.34. The maximum atomic E-state index is 13.5. The lowest BCUT2D eigenvalue weighted by Gasteiger charge is -2.22. The van der Waals surface area contributed by atoms with Crippen molar-refractivity contribution in [1.82, 2.24) is 9.88 Å². The van der Waals surface area contributed by atoms with Crippen LogP contribution in [0.15, 0.2) is 65.1 Å². The van der Waals surface area contributed by atoms with Gasteiger partial charge in [-0.1, -0.05) is 18.2 Å². The number of aromatic nitrogens is 1. The fourth-order valence-electron chi connectivity index (χ4n) is 4.26. The van der Waals surface area contributed by atoms with Gasteiger partial charge in [0, 0.05) is 38.1 Å². The first kappa shape index (κ1) is 21.9. The number of likely N-dealkylation sites (tertiary alicyclic amines) is 1. The topological polar surface area (TPSA) is 61.6 Å². The SMILES string of the molecule is CN(C)c1ccc(-c2ccc3oc([C@H]4CCCN4C(=O)Nc4ccc(F)c(F)c4)nc3c2)cc1. The van der Waals surface area contributed by atoms with Gasteiger partial charge in [0.05, 0.1) is 0 Å². The highest BCUT2D eigenvalue weighted by molar-refractivity contribution is 5.90. The molecular formula is C26H24F2N4O2. The van der Waals surface area contributed by atoms with Crippen LogP contribution in [0.2, 0.25) is 0 Å². The predicted molar refractivity (Wildman–Crippen MR) is 128 cm³/mol. The standard InChI is InChI=1S/C26H24F2N4O2/c1-31(2)19-9-5-16(6-10-19)17-7-12-24-22(14-17)30-25(34-24)23-4-3-13-32(23)26(33)29-18-8-11-20(27)21(28)15-18/h5-12,14-15,23H,3-4,13H2,1-2H3,(H,29,33)/t23-/m1/s1. The summed E-state index contributed by atoms with van der Waals surface area (Å²) in [4.78, 5) is 21.2. The van der Waals surface area contributed by atoms with Crippen molar-refractivity contribution in [3.05, 3.63) is 78.2 Å². The lowest BCUT2D eigenvalue weighted by molar-refractivity contribution is 0.199. The average molecular weight is 463 g/mol. The third-order valence-corrected chi connectivity index (χ3v) is 6.09. The first-order valence-corrected chi connectivity index (χ1v) is 11.1. The molecule has 3 aromatic carbocycles. The number of anilines is 2. The summed E-state index contributed by atoms with van der Waals surface area (Å²) >= 11 is 0. The second-order valence-electron chi connectivity index (χ2n) is 8.59. The number of fused-ring (bicyclic) bond motifs is 1. The Morgan fingerprint density at radius 1 is 1.03 bits per heavy atom. The van der Waals surface area contributed by atoms with E-state index in [-0.39, 0.29) is 11.7 Å². The van der Waals surface area contributed by atoms with Crippen LogP contribution in [0, 0.1) is 11.6 Å². The predicted octanol–water partition coefficient (Wildman–Crippen LogP) is 6.21. The molecule has 1 aliphatic rings. The molecule has 4 aromatic rings. The molecule has 0 radical (unpaired) electrons. The van der Waals surface area contributed by atoms with Crippen molar-refractivity contribution in [1.29, 1.82) is 0 Å². The van der Waals surface area contributed by atoms with E-state index in [1.165, 1.54) is 6.07 Å². The molecule has 6 nitrogen and oxygen atoms in total. The fourth-order valence-corrected chi connectivity index (χ4v) is 4.26. The highest BCUT2D eigenvalue weighted by Gasteiger charge is 2.33. The Morgan fingerprint density at radius 3 is 2.53 bits per heavy atom. The monoisotopic (exact) mass is 462 g/mol. The summed E-state index contributed by atoms with van der Waals surface area (Å²) in [5.41, 5.74) is 4.78. The van der Waals surface area contributed by atoms with Crippen molar-refractivity contribution in [3.8, 4) is 11.1 Å². The van der Waals surface area contributed by atoms with Crippen molar-refractivity contribution in [2.24, 2.45) is 0 Å². The smallest absolute Gasteiger partial charge is 0.322 e. The minimum Gasteiger partial charge on any atom is -0.438 e. The van der Waals surface area contributed by atoms with Crippen LogP contribution in [-0.4, -0.2) is 36.6 Å². The van der Waals surface area contributed by atoms with E-state index in [1.807, 2.05) is 37.2 Å². The quantitative estimate of drug-likeness (QED) is 0.392. The third kappa shape index (κ3) is 4.19. The first-order valence-electron chi connectivity index (χ1n) is 11.1. The summed E-state index contributed by atoms with van der Waals surface area (Å²) in [6, 6.07) is 16.7. The molecule has 5 rings (SSSR count). The van der Waals surface area contributed by atoms with Gasteiger partial charge >= 0.3 is 6.03 Å². The number of carbonyl (C=O) groups is 1. The van der Waals surface area contributed by atoms with Crippen LogP contribution in [0.5, 0.6) is 0 Å². The number of urea groups is 1. The number of amides is 2. The molecule has 8 heteroatoms. The minimum atomic E-state index is -1.01. The lowest BCUT2D eigenvalue weighted by atomic mass is 10.0. The van der Waals surface area contributed by atoms with Gasteiger partial charge in [0.2, 0.25) is 5.89 Å². The molecule has 1 aromatic heterocycles. The molecular weight excluding hydrogens is 438 g/mol. The van der Waals surface area contributed by atoms with Gasteiger partial charge in [0.15, 0.2) is 17.2 Å². The van der Waals surface area contributed by atoms with Gasteiger partial charge in [0.25, 0.3) is 0 Å². The van der Waals surface area contributed by atoms with Crippen molar-refractivity contribution in [3.63, 3.8) is 0 Å². The first-order chi connectivity index (χ1) is 16.4. The van der Waals surface area contributed by atoms with Gasteiger partial charge in [-0.15, -0.1) is 0 Å². The van der Waals surface area contributed by atoms with Crippen LogP contribution >= 0.6 is 0 Å². The summed E-state index contributed by atoms with van der Waals surface area (Å²) in [6.45, 7) is 0.516. The molecule has 2 amide bonds. The molecule has 0 spiro atoms. The van der Waals surface area contributed by atoms with E-state index in [2.05, 4.69) is 34.6 Å². The summed E-state index contributed by atoms with van der Waals surface area (Å²) in [5.74, 6) is -1.51. The molecule has 1 N–H and O–H groups in total. The van der Waals surface area contributed by atoms with E-state index in [0.29, 0.717) is 24.4 Å². The Hall–Kier alpha value is -3.94. The summed E-state index contributed by atoms with van der Waals surface area (Å²) < 4.78 is 32.7. The molecule has 0 bridgehead atoms. The van der Waals surface area contributed by atoms with Crippen LogP contribution in [0.1, 0.15) is 24.8 Å². The van der Waals surface area contributed by atoms with Gasteiger partial charge in [0.1, 0.15) is 11.6 Å². The number of hydrogen-bond acceptors (Lipinski definition) is 4. The van der Waals surface area contributed by atoms with E-state index >= 15 is 0 Å². The second kappa shape index (κ2) is 8.78. The van der Waals surface area contributed by atoms with E-state index in [0.717, 1.165) is 40.9 Å². The maximum Gasteiger partial charge on any atom is 0.322 e. The van der Waals surface area contributed by atoms with Gasteiger partial charge in [-0.25, -0.2) is 18.6 Å². The van der Waals surface area contributed by atoms with Crippen molar-refractivity contribution < 1.29 is 18.0 Å². The molecule has 1 atom stereocenters. The molecule has 34 heavy (non-hydrogen) atoms. The fraction of sp³-hybridized carbons (Fsp3) is 0.231. The summed E-state index contributed by atoms with van der Waals surface area (Å²) in [6.07, 6.45) is 1.49. The highest BCUT2D eigenvalue weighted by Crippen LogP contribution is 2.35. The maximum absolute atomic E-state index is 13.5. The Bertz CT molecular complexity index is 1350. The number of rotatable bonds is 4. The Labute approximate surface area is 195 Å². The Balaban J connectivity index is 1.37. The molecule has 0 unspecified atom stereocenters. The number of nitrogens with one attached hydrogen (secondary N) is 1. The molecule has 0 saturated carbocycles. The van der Waals surface area contributed by atoms with E-state index < -0.39 is 17.7 Å². The zero-order valence-electron chi connectivity index (χ0n) is 18.9. The van der Waals surface area contributed by atoms with E-state index in [1.54, 1.807) is 4.90 Å². The van der Waals surface area contributed by atoms with Crippen LogP contribution in [0.3, 0.4) is 0 Å². The number of carbonyl (C=O) groups excluding carboxylic acids is 1. The van der Waals surface area contributed by atoms with Crippen LogP contribution in [0.25, 0.3) is 22.2 Å².